The van der Waals surface area contributed by atoms with Gasteiger partial charge in [-0.2, -0.15) is 0 Å². The Morgan fingerprint density at radius 3 is 2.38 bits per heavy atom. The molecule has 0 spiro atoms. The van der Waals surface area contributed by atoms with Crippen LogP contribution < -0.4 is 5.19 Å². The molecule has 1 rings (SSSR count). The number of hydrogen-bond acceptors (Lipinski definition) is 3. The highest BCUT2D eigenvalue weighted by molar-refractivity contribution is 6.98. The van der Waals surface area contributed by atoms with Gasteiger partial charge in [-0.05, 0) is 18.0 Å². The average Bonchev–Trinajstić information content (AvgIpc) is 2.56. The summed E-state index contributed by atoms with van der Waals surface area (Å²) in [5, 5.41) is 2.28. The zero-order valence-electron chi connectivity index (χ0n) is 15.4. The highest BCUT2D eigenvalue weighted by atomic mass is 28.3. The molecular formula is C20H30O3Si. The van der Waals surface area contributed by atoms with E-state index in [2.05, 4.69) is 38.2 Å². The standard InChI is InChI=1S/C20H30O3Si/c1-5-6-8-15-20(19(22)14-11-16-23-17(2)21)24(3,4)18-12-9-7-10-13-18/h7,9-10,12-13,15H,5-6,8,11,14,16H2,1-4H3/b20-15-. The van der Waals surface area contributed by atoms with Crippen LogP contribution in [0.1, 0.15) is 46.0 Å². The quantitative estimate of drug-likeness (QED) is 0.276. The Kier molecular flexibility index (Phi) is 8.69. The fourth-order valence-electron chi connectivity index (χ4n) is 2.76. The van der Waals surface area contributed by atoms with Crippen LogP contribution in [-0.2, 0) is 14.3 Å². The molecule has 0 unspecified atom stereocenters. The van der Waals surface area contributed by atoms with Crippen LogP contribution in [0.2, 0.25) is 13.1 Å². The second-order valence-electron chi connectivity index (χ2n) is 6.62. The van der Waals surface area contributed by atoms with Crippen molar-refractivity contribution in [2.45, 2.75) is 59.0 Å². The molecule has 0 fully saturated rings. The molecule has 0 aliphatic carbocycles. The van der Waals surface area contributed by atoms with Gasteiger partial charge in [0.05, 0.1) is 6.61 Å². The molecule has 0 radical (unpaired) electrons. The molecule has 0 saturated carbocycles. The van der Waals surface area contributed by atoms with E-state index < -0.39 is 8.07 Å². The Morgan fingerprint density at radius 1 is 1.12 bits per heavy atom. The van der Waals surface area contributed by atoms with Gasteiger partial charge in [-0.3, -0.25) is 9.59 Å². The van der Waals surface area contributed by atoms with Crippen molar-refractivity contribution in [1.82, 2.24) is 0 Å². The SMILES string of the molecule is CCCC/C=C(/C(=O)CCCOC(C)=O)[Si](C)(C)c1ccccc1. The van der Waals surface area contributed by atoms with Gasteiger partial charge in [-0.15, -0.1) is 0 Å². The van der Waals surface area contributed by atoms with Gasteiger partial charge in [-0.1, -0.05) is 74.5 Å². The zero-order valence-corrected chi connectivity index (χ0v) is 16.4. The maximum absolute atomic E-state index is 12.8. The Labute approximate surface area is 147 Å². The molecule has 0 aliphatic rings. The third-order valence-electron chi connectivity index (χ3n) is 4.23. The lowest BCUT2D eigenvalue weighted by Gasteiger charge is -2.26. The van der Waals surface area contributed by atoms with Crippen LogP contribution in [0.25, 0.3) is 0 Å². The molecule has 0 bridgehead atoms. The summed E-state index contributed by atoms with van der Waals surface area (Å²) in [4.78, 5) is 23.7. The van der Waals surface area contributed by atoms with Crippen LogP contribution in [0.3, 0.4) is 0 Å². The zero-order chi connectivity index (χ0) is 18.0. The van der Waals surface area contributed by atoms with E-state index in [0.29, 0.717) is 19.4 Å². The van der Waals surface area contributed by atoms with Gasteiger partial charge in [0, 0.05) is 13.3 Å². The molecule has 24 heavy (non-hydrogen) atoms. The van der Waals surface area contributed by atoms with Gasteiger partial charge in [0.15, 0.2) is 5.78 Å². The topological polar surface area (TPSA) is 43.4 Å². The van der Waals surface area contributed by atoms with Crippen molar-refractivity contribution in [2.75, 3.05) is 6.61 Å². The Morgan fingerprint density at radius 2 is 1.79 bits per heavy atom. The van der Waals surface area contributed by atoms with Gasteiger partial charge in [0.25, 0.3) is 0 Å². The number of allylic oxidation sites excluding steroid dienone is 2. The summed E-state index contributed by atoms with van der Waals surface area (Å²) in [6, 6.07) is 10.4. The summed E-state index contributed by atoms with van der Waals surface area (Å²) < 4.78 is 4.94. The number of unbranched alkanes of at least 4 members (excludes halogenated alkanes) is 2. The molecule has 4 heteroatoms. The van der Waals surface area contributed by atoms with Gasteiger partial charge in [0.2, 0.25) is 0 Å². The molecule has 1 aromatic rings. The first-order valence-electron chi connectivity index (χ1n) is 8.82. The predicted molar refractivity (Wildman–Crippen MR) is 102 cm³/mol. The van der Waals surface area contributed by atoms with E-state index in [1.165, 1.54) is 12.1 Å². The Balaban J connectivity index is 2.89. The van der Waals surface area contributed by atoms with Crippen molar-refractivity contribution in [3.63, 3.8) is 0 Å². The lowest BCUT2D eigenvalue weighted by atomic mass is 10.1. The average molecular weight is 347 g/mol. The maximum atomic E-state index is 12.8. The highest BCUT2D eigenvalue weighted by Gasteiger charge is 2.32. The molecule has 132 valence electrons. The minimum Gasteiger partial charge on any atom is -0.466 e. The van der Waals surface area contributed by atoms with Crippen LogP contribution in [0.4, 0.5) is 0 Å². The van der Waals surface area contributed by atoms with Gasteiger partial charge in [-0.25, -0.2) is 0 Å². The molecule has 0 N–H and O–H groups in total. The van der Waals surface area contributed by atoms with Crippen molar-refractivity contribution in [3.05, 3.63) is 41.6 Å². The fraction of sp³-hybridized carbons (Fsp3) is 0.500. The van der Waals surface area contributed by atoms with E-state index >= 15 is 0 Å². The van der Waals surface area contributed by atoms with E-state index in [1.807, 2.05) is 18.2 Å². The Bertz CT molecular complexity index is 562. The van der Waals surface area contributed by atoms with Gasteiger partial charge >= 0.3 is 5.97 Å². The van der Waals surface area contributed by atoms with E-state index in [9.17, 15) is 9.59 Å². The second-order valence-corrected chi connectivity index (χ2v) is 11.0. The van der Waals surface area contributed by atoms with Crippen LogP contribution in [0.5, 0.6) is 0 Å². The Hall–Kier alpha value is -1.68. The summed E-state index contributed by atoms with van der Waals surface area (Å²) in [6.07, 6.45) is 6.36. The van der Waals surface area contributed by atoms with E-state index in [-0.39, 0.29) is 11.8 Å². The van der Waals surface area contributed by atoms with E-state index in [0.717, 1.165) is 24.5 Å². The van der Waals surface area contributed by atoms with Crippen molar-refractivity contribution in [3.8, 4) is 0 Å². The first-order chi connectivity index (χ1) is 11.4. The number of esters is 1. The lowest BCUT2D eigenvalue weighted by Crippen LogP contribution is -2.46. The van der Waals surface area contributed by atoms with Crippen LogP contribution in [0, 0.1) is 0 Å². The summed E-state index contributed by atoms with van der Waals surface area (Å²) in [6.45, 7) is 8.35. The summed E-state index contributed by atoms with van der Waals surface area (Å²) in [5.41, 5.74) is 0. The van der Waals surface area contributed by atoms with E-state index in [1.54, 1.807) is 0 Å². The number of carbonyl (C=O) groups is 2. The second kappa shape index (κ2) is 10.2. The normalized spacial score (nSPS) is 12.1. The highest BCUT2D eigenvalue weighted by Crippen LogP contribution is 2.20. The third kappa shape index (κ3) is 6.44. The molecule has 0 aliphatic heterocycles. The number of hydrogen-bond donors (Lipinski definition) is 0. The van der Waals surface area contributed by atoms with Crippen LogP contribution in [0.15, 0.2) is 41.6 Å². The summed E-state index contributed by atoms with van der Waals surface area (Å²) in [5.74, 6) is -0.0843. The molecular weight excluding hydrogens is 316 g/mol. The van der Waals surface area contributed by atoms with Crippen LogP contribution in [-0.4, -0.2) is 26.4 Å². The number of carbonyl (C=O) groups excluding carboxylic acids is 2. The molecule has 0 aromatic heterocycles. The minimum atomic E-state index is -2.00. The fourth-order valence-corrected chi connectivity index (χ4v) is 5.58. The molecule has 0 saturated heterocycles. The van der Waals surface area contributed by atoms with Crippen molar-refractivity contribution >= 4 is 25.0 Å². The van der Waals surface area contributed by atoms with Crippen LogP contribution >= 0.6 is 0 Å². The number of rotatable bonds is 10. The van der Waals surface area contributed by atoms with Crippen molar-refractivity contribution in [1.29, 1.82) is 0 Å². The predicted octanol–water partition coefficient (Wildman–Crippen LogP) is 4.17. The lowest BCUT2D eigenvalue weighted by molar-refractivity contribution is -0.141. The summed E-state index contributed by atoms with van der Waals surface area (Å²) >= 11 is 0. The number of ether oxygens (including phenoxy) is 1. The molecule has 0 atom stereocenters. The number of ketones is 1. The molecule has 0 heterocycles. The molecule has 3 nitrogen and oxygen atoms in total. The van der Waals surface area contributed by atoms with Gasteiger partial charge < -0.3 is 4.74 Å². The first-order valence-corrected chi connectivity index (χ1v) is 11.8. The van der Waals surface area contributed by atoms with Crippen molar-refractivity contribution < 1.29 is 14.3 Å². The minimum absolute atomic E-state index is 0.207. The third-order valence-corrected chi connectivity index (χ3v) is 7.84. The van der Waals surface area contributed by atoms with E-state index in [4.69, 9.17) is 4.74 Å². The smallest absolute Gasteiger partial charge is 0.302 e. The molecule has 0 amide bonds. The van der Waals surface area contributed by atoms with Crippen molar-refractivity contribution in [2.24, 2.45) is 0 Å². The monoisotopic (exact) mass is 346 g/mol. The number of benzene rings is 1. The first kappa shape index (κ1) is 20.4. The summed E-state index contributed by atoms with van der Waals surface area (Å²) in [7, 11) is -2.00. The maximum Gasteiger partial charge on any atom is 0.302 e. The number of Topliss-reactive ketones (excluding diaryl/α,β-unsaturated/α-hetero) is 1. The van der Waals surface area contributed by atoms with Gasteiger partial charge in [0.1, 0.15) is 8.07 Å². The molecule has 1 aromatic carbocycles. The largest absolute Gasteiger partial charge is 0.466 e.